The first-order valence-electron chi connectivity index (χ1n) is 9.26. The summed E-state index contributed by atoms with van der Waals surface area (Å²) in [5.41, 5.74) is 0.537. The van der Waals surface area contributed by atoms with Crippen LogP contribution >= 0.6 is 0 Å². The van der Waals surface area contributed by atoms with Gasteiger partial charge in [-0.1, -0.05) is 0 Å². The van der Waals surface area contributed by atoms with Gasteiger partial charge in [0.15, 0.2) is 23.1 Å². The second-order valence-corrected chi connectivity index (χ2v) is 7.36. The van der Waals surface area contributed by atoms with Crippen LogP contribution in [-0.4, -0.2) is 42.3 Å². The van der Waals surface area contributed by atoms with E-state index in [2.05, 4.69) is 36.5 Å². The van der Waals surface area contributed by atoms with Crippen molar-refractivity contribution in [3.63, 3.8) is 0 Å². The summed E-state index contributed by atoms with van der Waals surface area (Å²) in [5.74, 6) is -4.07. The molecule has 0 radical (unpaired) electrons. The second-order valence-electron chi connectivity index (χ2n) is 7.36. The SMILES string of the molecule is C[C@H](Nc1nc(-c2[nH]nc3ncc(F)cc23)nc([C@H]2C[C@@H]2C#N)c1F)[C@H](C)C(=O)O. The van der Waals surface area contributed by atoms with E-state index in [9.17, 15) is 14.3 Å². The summed E-state index contributed by atoms with van der Waals surface area (Å²) < 4.78 is 28.9. The highest BCUT2D eigenvalue weighted by Gasteiger charge is 2.43. The maximum absolute atomic E-state index is 15.2. The van der Waals surface area contributed by atoms with Gasteiger partial charge in [0.25, 0.3) is 0 Å². The minimum Gasteiger partial charge on any atom is -0.481 e. The van der Waals surface area contributed by atoms with E-state index in [0.717, 1.165) is 6.20 Å². The summed E-state index contributed by atoms with van der Waals surface area (Å²) in [5, 5.41) is 28.2. The molecular formula is C19H17F2N7O2. The molecule has 0 saturated heterocycles. The van der Waals surface area contributed by atoms with Crippen LogP contribution in [0.3, 0.4) is 0 Å². The molecule has 1 aliphatic carbocycles. The quantitative estimate of drug-likeness (QED) is 0.560. The van der Waals surface area contributed by atoms with E-state index in [1.54, 1.807) is 6.92 Å². The number of anilines is 1. The van der Waals surface area contributed by atoms with E-state index in [4.69, 9.17) is 5.26 Å². The van der Waals surface area contributed by atoms with Crippen molar-refractivity contribution in [3.8, 4) is 17.6 Å². The standard InChI is InChI=1S/C19H17F2N7O2/c1-7(19(29)30)8(2)24-17-13(21)14(11-3-9(11)5-22)25-18(26-17)15-12-4-10(20)6-23-16(12)28-27-15/h4,6-9,11H,3H2,1-2H3,(H,29,30)(H,23,27,28)(H,24,25,26)/t7-,8-,9+,11-/m0/s1. The van der Waals surface area contributed by atoms with E-state index < -0.39 is 35.5 Å². The zero-order valence-corrected chi connectivity index (χ0v) is 16.0. The zero-order valence-electron chi connectivity index (χ0n) is 16.0. The molecule has 30 heavy (non-hydrogen) atoms. The van der Waals surface area contributed by atoms with Gasteiger partial charge in [0.2, 0.25) is 0 Å². The number of H-pyrrole nitrogens is 1. The van der Waals surface area contributed by atoms with E-state index in [1.165, 1.54) is 13.0 Å². The number of aromatic nitrogens is 5. The molecule has 0 unspecified atom stereocenters. The van der Waals surface area contributed by atoms with Gasteiger partial charge in [0, 0.05) is 12.0 Å². The normalized spacial score (nSPS) is 19.8. The van der Waals surface area contributed by atoms with Gasteiger partial charge in [-0.05, 0) is 26.3 Å². The molecule has 3 aromatic heterocycles. The lowest BCUT2D eigenvalue weighted by Crippen LogP contribution is -2.30. The Morgan fingerprint density at radius 2 is 2.17 bits per heavy atom. The monoisotopic (exact) mass is 413 g/mol. The van der Waals surface area contributed by atoms with Crippen LogP contribution in [-0.2, 0) is 4.79 Å². The first-order valence-corrected chi connectivity index (χ1v) is 9.26. The van der Waals surface area contributed by atoms with Crippen molar-refractivity contribution in [1.29, 1.82) is 5.26 Å². The predicted octanol–water partition coefficient (Wildman–Crippen LogP) is 2.84. The van der Waals surface area contributed by atoms with Crippen molar-refractivity contribution in [1.82, 2.24) is 25.1 Å². The number of halogens is 2. The fraction of sp³-hybridized carbons (Fsp3) is 0.368. The average molecular weight is 413 g/mol. The lowest BCUT2D eigenvalue weighted by atomic mass is 10.0. The van der Waals surface area contributed by atoms with Crippen molar-refractivity contribution in [3.05, 3.63) is 29.6 Å². The molecule has 3 heterocycles. The molecule has 0 amide bonds. The topological polar surface area (TPSA) is 140 Å². The van der Waals surface area contributed by atoms with E-state index in [1.807, 2.05) is 0 Å². The van der Waals surface area contributed by atoms with Gasteiger partial charge in [-0.3, -0.25) is 9.89 Å². The van der Waals surface area contributed by atoms with Gasteiger partial charge in [0.05, 0.1) is 35.2 Å². The molecule has 1 saturated carbocycles. The number of rotatable bonds is 6. The number of carbonyl (C=O) groups is 1. The highest BCUT2D eigenvalue weighted by atomic mass is 19.1. The molecule has 11 heteroatoms. The number of nitrogens with one attached hydrogen (secondary N) is 2. The predicted molar refractivity (Wildman–Crippen MR) is 101 cm³/mol. The van der Waals surface area contributed by atoms with Gasteiger partial charge in [-0.25, -0.2) is 23.7 Å². The lowest BCUT2D eigenvalue weighted by molar-refractivity contribution is -0.141. The van der Waals surface area contributed by atoms with Crippen LogP contribution in [0.5, 0.6) is 0 Å². The Hall–Kier alpha value is -3.68. The fourth-order valence-corrected chi connectivity index (χ4v) is 3.16. The maximum Gasteiger partial charge on any atom is 0.308 e. The molecule has 0 spiro atoms. The first kappa shape index (κ1) is 19.6. The van der Waals surface area contributed by atoms with Crippen molar-refractivity contribution in [2.75, 3.05) is 5.32 Å². The Labute approximate surface area is 169 Å². The van der Waals surface area contributed by atoms with Gasteiger partial charge in [-0.15, -0.1) is 0 Å². The van der Waals surface area contributed by atoms with E-state index in [-0.39, 0.29) is 34.6 Å². The minimum atomic E-state index is -1.04. The Kier molecular flexibility index (Phi) is 4.77. The third-order valence-corrected chi connectivity index (χ3v) is 5.29. The number of hydrogen-bond acceptors (Lipinski definition) is 7. The van der Waals surface area contributed by atoms with Crippen LogP contribution in [0.4, 0.5) is 14.6 Å². The molecular weight excluding hydrogens is 396 g/mol. The molecule has 4 rings (SSSR count). The van der Waals surface area contributed by atoms with Crippen LogP contribution in [0.2, 0.25) is 0 Å². The summed E-state index contributed by atoms with van der Waals surface area (Å²) in [7, 11) is 0. The molecule has 3 N–H and O–H groups in total. The molecule has 0 aromatic carbocycles. The molecule has 1 fully saturated rings. The number of fused-ring (bicyclic) bond motifs is 1. The van der Waals surface area contributed by atoms with Gasteiger partial charge in [-0.2, -0.15) is 10.4 Å². The number of nitriles is 1. The van der Waals surface area contributed by atoms with Crippen molar-refractivity contribution < 1.29 is 18.7 Å². The Morgan fingerprint density at radius 1 is 1.40 bits per heavy atom. The van der Waals surface area contributed by atoms with Crippen LogP contribution in [0.15, 0.2) is 12.3 Å². The van der Waals surface area contributed by atoms with Gasteiger partial charge >= 0.3 is 5.97 Å². The summed E-state index contributed by atoms with van der Waals surface area (Å²) in [6.07, 6.45) is 1.48. The van der Waals surface area contributed by atoms with Crippen LogP contribution in [0, 0.1) is 34.8 Å². The zero-order chi connectivity index (χ0) is 21.6. The third-order valence-electron chi connectivity index (χ3n) is 5.29. The number of carboxylic acid groups (broad SMARTS) is 1. The molecule has 154 valence electrons. The first-order chi connectivity index (χ1) is 14.3. The maximum atomic E-state index is 15.2. The molecule has 3 aromatic rings. The smallest absolute Gasteiger partial charge is 0.308 e. The number of aromatic amines is 1. The van der Waals surface area contributed by atoms with Crippen LogP contribution in [0.1, 0.15) is 31.9 Å². The summed E-state index contributed by atoms with van der Waals surface area (Å²) in [6.45, 7) is 3.09. The van der Waals surface area contributed by atoms with Gasteiger partial charge in [0.1, 0.15) is 11.5 Å². The molecule has 1 aliphatic rings. The summed E-state index contributed by atoms with van der Waals surface area (Å²) in [4.78, 5) is 23.6. The second kappa shape index (κ2) is 7.29. The molecule has 9 nitrogen and oxygen atoms in total. The third kappa shape index (κ3) is 3.41. The number of hydrogen-bond donors (Lipinski definition) is 3. The molecule has 4 atom stereocenters. The fourth-order valence-electron chi connectivity index (χ4n) is 3.16. The van der Waals surface area contributed by atoms with E-state index in [0.29, 0.717) is 11.8 Å². The van der Waals surface area contributed by atoms with Crippen molar-refractivity contribution in [2.24, 2.45) is 11.8 Å². The van der Waals surface area contributed by atoms with Crippen LogP contribution in [0.25, 0.3) is 22.6 Å². The highest BCUT2D eigenvalue weighted by molar-refractivity contribution is 5.88. The summed E-state index contributed by atoms with van der Waals surface area (Å²) >= 11 is 0. The van der Waals surface area contributed by atoms with Gasteiger partial charge < -0.3 is 10.4 Å². The summed E-state index contributed by atoms with van der Waals surface area (Å²) in [6, 6.07) is 2.67. The number of nitrogens with zero attached hydrogens (tertiary/aromatic N) is 5. The van der Waals surface area contributed by atoms with Crippen molar-refractivity contribution in [2.45, 2.75) is 32.2 Å². The molecule has 0 aliphatic heterocycles. The number of carboxylic acids is 1. The van der Waals surface area contributed by atoms with Crippen molar-refractivity contribution >= 4 is 22.8 Å². The Balaban J connectivity index is 1.82. The minimum absolute atomic E-state index is 0.0440. The highest BCUT2D eigenvalue weighted by Crippen LogP contribution is 2.48. The average Bonchev–Trinajstić information content (AvgIpc) is 3.39. The molecule has 0 bridgehead atoms. The number of aliphatic carboxylic acids is 1. The lowest BCUT2D eigenvalue weighted by Gasteiger charge is -2.19. The number of pyridine rings is 1. The Bertz CT molecular complexity index is 1190. The Morgan fingerprint density at radius 3 is 2.83 bits per heavy atom. The van der Waals surface area contributed by atoms with E-state index >= 15 is 4.39 Å². The largest absolute Gasteiger partial charge is 0.481 e. The van der Waals surface area contributed by atoms with Crippen LogP contribution < -0.4 is 5.32 Å².